The zero-order valence-electron chi connectivity index (χ0n) is 19.4. The first-order valence-corrected chi connectivity index (χ1v) is 11.3. The number of nitrogens with zero attached hydrogens (tertiary/aromatic N) is 3. The molecule has 0 spiro atoms. The molecule has 2 aromatic carbocycles. The second kappa shape index (κ2) is 8.51. The molecule has 1 saturated heterocycles. The number of anilines is 1. The van der Waals surface area contributed by atoms with Crippen LogP contribution in [0.5, 0.6) is 0 Å². The molecule has 2 aliphatic heterocycles. The van der Waals surface area contributed by atoms with Gasteiger partial charge in [0.25, 0.3) is 5.91 Å². The molecule has 1 unspecified atom stereocenters. The van der Waals surface area contributed by atoms with Gasteiger partial charge in [-0.2, -0.15) is 13.2 Å². The first-order chi connectivity index (χ1) is 17.1. The molecule has 0 saturated carbocycles. The van der Waals surface area contributed by atoms with Crippen LogP contribution in [0.1, 0.15) is 34.6 Å². The van der Waals surface area contributed by atoms with E-state index in [1.807, 2.05) is 0 Å². The number of hydrogen-bond donors (Lipinski definition) is 2. The number of amides is 3. The quantitative estimate of drug-likeness (QED) is 0.538. The predicted molar refractivity (Wildman–Crippen MR) is 125 cm³/mol. The van der Waals surface area contributed by atoms with Gasteiger partial charge in [0.1, 0.15) is 6.04 Å². The van der Waals surface area contributed by atoms with E-state index in [4.69, 9.17) is 0 Å². The van der Waals surface area contributed by atoms with Gasteiger partial charge in [0, 0.05) is 49.4 Å². The summed E-state index contributed by atoms with van der Waals surface area (Å²) in [5.74, 6) is -2.30. The van der Waals surface area contributed by atoms with Crippen LogP contribution >= 0.6 is 0 Å². The van der Waals surface area contributed by atoms with Crippen LogP contribution in [0.15, 0.2) is 42.5 Å². The number of piperidine rings is 1. The van der Waals surface area contributed by atoms with Crippen molar-refractivity contribution in [2.24, 2.45) is 7.05 Å². The Hall–Kier alpha value is -4.15. The number of aromatic nitrogens is 2. The molecule has 3 heterocycles. The molecule has 0 aliphatic carbocycles. The Morgan fingerprint density at radius 2 is 1.86 bits per heavy atom. The van der Waals surface area contributed by atoms with Crippen molar-refractivity contribution in [3.63, 3.8) is 0 Å². The largest absolute Gasteiger partial charge is 0.449 e. The number of hydrogen-bond acceptors (Lipinski definition) is 5. The number of carbonyl (C=O) groups is 3. The maximum Gasteiger partial charge on any atom is 0.449 e. The van der Waals surface area contributed by atoms with Crippen LogP contribution in [0.3, 0.4) is 0 Å². The summed E-state index contributed by atoms with van der Waals surface area (Å²) in [6, 6.07) is 11.0. The van der Waals surface area contributed by atoms with Gasteiger partial charge < -0.3 is 14.8 Å². The zero-order chi connectivity index (χ0) is 25.8. The molecule has 8 nitrogen and oxygen atoms in total. The van der Waals surface area contributed by atoms with Crippen molar-refractivity contribution in [1.82, 2.24) is 19.8 Å². The van der Waals surface area contributed by atoms with E-state index < -0.39 is 23.9 Å². The van der Waals surface area contributed by atoms with E-state index in [0.29, 0.717) is 22.3 Å². The van der Waals surface area contributed by atoms with Gasteiger partial charge >= 0.3 is 6.18 Å². The molecule has 0 bridgehead atoms. The number of imide groups is 1. The lowest BCUT2D eigenvalue weighted by Gasteiger charge is -2.29. The molecule has 5 rings (SSSR count). The van der Waals surface area contributed by atoms with Gasteiger partial charge in [-0.25, -0.2) is 4.98 Å². The number of nitrogens with one attached hydrogen (secondary N) is 2. The van der Waals surface area contributed by atoms with E-state index >= 15 is 0 Å². The third kappa shape index (κ3) is 3.90. The number of alkyl halides is 3. The lowest BCUT2D eigenvalue weighted by atomic mass is 10.0. The monoisotopic (exact) mass is 497 g/mol. The molecule has 36 heavy (non-hydrogen) atoms. The number of halogens is 3. The van der Waals surface area contributed by atoms with Gasteiger partial charge in [0.05, 0.1) is 11.4 Å². The average Bonchev–Trinajstić information content (AvgIpc) is 3.36. The SMILES string of the molecule is CNc1cccc(-c2c(-c3ccc4c(c3)CN(C3CCC(=O)NC3=O)C4=O)nc(C(F)(F)F)n2C)c1. The maximum absolute atomic E-state index is 13.8. The van der Waals surface area contributed by atoms with Gasteiger partial charge in [-0.1, -0.05) is 18.2 Å². The summed E-state index contributed by atoms with van der Waals surface area (Å²) < 4.78 is 42.4. The fraction of sp³-hybridized carbons (Fsp3) is 0.280. The Kier molecular flexibility index (Phi) is 5.57. The molecule has 2 aliphatic rings. The van der Waals surface area contributed by atoms with Gasteiger partial charge in [-0.05, 0) is 36.2 Å². The number of fused-ring (bicyclic) bond motifs is 1. The Labute approximate surface area is 204 Å². The normalized spacial score (nSPS) is 17.9. The Morgan fingerprint density at radius 3 is 2.56 bits per heavy atom. The molecule has 0 radical (unpaired) electrons. The summed E-state index contributed by atoms with van der Waals surface area (Å²) in [5, 5.41) is 5.24. The van der Waals surface area contributed by atoms with Crippen LogP contribution in [-0.2, 0) is 29.4 Å². The van der Waals surface area contributed by atoms with Crippen LogP contribution in [-0.4, -0.2) is 45.3 Å². The molecule has 2 N–H and O–H groups in total. The highest BCUT2D eigenvalue weighted by molar-refractivity contribution is 6.05. The van der Waals surface area contributed by atoms with Crippen LogP contribution in [0.4, 0.5) is 18.9 Å². The van der Waals surface area contributed by atoms with Crippen molar-refractivity contribution < 1.29 is 27.6 Å². The summed E-state index contributed by atoms with van der Waals surface area (Å²) >= 11 is 0. The summed E-state index contributed by atoms with van der Waals surface area (Å²) in [4.78, 5) is 42.2. The minimum Gasteiger partial charge on any atom is -0.388 e. The molecule has 11 heteroatoms. The number of imidazole rings is 1. The third-order valence-electron chi connectivity index (χ3n) is 6.57. The summed E-state index contributed by atoms with van der Waals surface area (Å²) in [7, 11) is 3.04. The van der Waals surface area contributed by atoms with Crippen molar-refractivity contribution in [2.75, 3.05) is 12.4 Å². The Morgan fingerprint density at radius 1 is 1.08 bits per heavy atom. The minimum atomic E-state index is -4.67. The molecular formula is C25H22F3N5O3. The average molecular weight is 497 g/mol. The van der Waals surface area contributed by atoms with E-state index in [0.717, 1.165) is 10.3 Å². The first-order valence-electron chi connectivity index (χ1n) is 11.3. The second-order valence-corrected chi connectivity index (χ2v) is 8.79. The molecule has 186 valence electrons. The Balaban J connectivity index is 1.58. The highest BCUT2D eigenvalue weighted by atomic mass is 19.4. The van der Waals surface area contributed by atoms with Crippen LogP contribution in [0, 0.1) is 0 Å². The standard InChI is InChI=1S/C25H22F3N5O3/c1-29-16-5-3-4-14(11-16)21-20(31-24(32(21)2)25(26,27)28)13-6-7-17-15(10-13)12-33(23(17)36)18-8-9-19(34)30-22(18)35/h3-7,10-11,18,29H,8-9,12H2,1-2H3,(H,30,34,35). The van der Waals surface area contributed by atoms with Crippen LogP contribution in [0.25, 0.3) is 22.5 Å². The highest BCUT2D eigenvalue weighted by Crippen LogP contribution is 2.40. The number of rotatable bonds is 4. The minimum absolute atomic E-state index is 0.109. The molecule has 1 atom stereocenters. The van der Waals surface area contributed by atoms with E-state index in [1.165, 1.54) is 11.9 Å². The lowest BCUT2D eigenvalue weighted by Crippen LogP contribution is -2.52. The van der Waals surface area contributed by atoms with Gasteiger partial charge in [0.15, 0.2) is 0 Å². The van der Waals surface area contributed by atoms with Crippen molar-refractivity contribution in [2.45, 2.75) is 31.6 Å². The van der Waals surface area contributed by atoms with E-state index in [-0.39, 0.29) is 42.6 Å². The molecule has 1 aromatic heterocycles. The topological polar surface area (TPSA) is 96.3 Å². The molecular weight excluding hydrogens is 475 g/mol. The lowest BCUT2D eigenvalue weighted by molar-refractivity contribution is -0.146. The Bertz CT molecular complexity index is 1410. The van der Waals surface area contributed by atoms with Gasteiger partial charge in [-0.15, -0.1) is 0 Å². The highest BCUT2D eigenvalue weighted by Gasteiger charge is 2.40. The summed E-state index contributed by atoms with van der Waals surface area (Å²) in [6.07, 6.45) is -4.32. The van der Waals surface area contributed by atoms with Crippen LogP contribution in [0.2, 0.25) is 0 Å². The molecule has 3 aromatic rings. The maximum atomic E-state index is 13.8. The summed E-state index contributed by atoms with van der Waals surface area (Å²) in [6.45, 7) is 0.109. The fourth-order valence-electron chi connectivity index (χ4n) is 4.83. The van der Waals surface area contributed by atoms with Crippen molar-refractivity contribution in [3.05, 3.63) is 59.4 Å². The van der Waals surface area contributed by atoms with E-state index in [9.17, 15) is 27.6 Å². The van der Waals surface area contributed by atoms with Crippen LogP contribution < -0.4 is 10.6 Å². The van der Waals surface area contributed by atoms with Crippen molar-refractivity contribution >= 4 is 23.4 Å². The molecule has 1 fully saturated rings. The zero-order valence-corrected chi connectivity index (χ0v) is 19.4. The second-order valence-electron chi connectivity index (χ2n) is 8.79. The van der Waals surface area contributed by atoms with Gasteiger partial charge in [-0.3, -0.25) is 19.7 Å². The predicted octanol–water partition coefficient (Wildman–Crippen LogP) is 3.58. The fourth-order valence-corrected chi connectivity index (χ4v) is 4.83. The van der Waals surface area contributed by atoms with E-state index in [1.54, 1.807) is 49.5 Å². The number of carbonyl (C=O) groups excluding carboxylic acids is 3. The summed E-state index contributed by atoms with van der Waals surface area (Å²) in [5.41, 5.74) is 3.06. The van der Waals surface area contributed by atoms with Crippen molar-refractivity contribution in [1.29, 1.82) is 0 Å². The smallest absolute Gasteiger partial charge is 0.388 e. The van der Waals surface area contributed by atoms with E-state index in [2.05, 4.69) is 15.6 Å². The third-order valence-corrected chi connectivity index (χ3v) is 6.57. The first kappa shape index (κ1) is 23.6. The van der Waals surface area contributed by atoms with Gasteiger partial charge in [0.2, 0.25) is 17.6 Å². The molecule has 3 amide bonds. The van der Waals surface area contributed by atoms with Crippen molar-refractivity contribution in [3.8, 4) is 22.5 Å². The number of benzene rings is 2.